The fraction of sp³-hybridized carbons (Fsp3) is 0.222. The summed E-state index contributed by atoms with van der Waals surface area (Å²) >= 11 is 0. The largest absolute Gasteiger partial charge is 0.508 e. The van der Waals surface area contributed by atoms with Crippen molar-refractivity contribution in [2.75, 3.05) is 13.2 Å². The molecule has 2 aromatic rings. The molecule has 0 saturated carbocycles. The van der Waals surface area contributed by atoms with Crippen molar-refractivity contribution in [2.24, 2.45) is 0 Å². The average molecular weight is 350 g/mol. The number of phenolic OH excluding ortho intramolecular Hbond substituents is 2. The van der Waals surface area contributed by atoms with Gasteiger partial charge in [0.2, 0.25) is 0 Å². The van der Waals surface area contributed by atoms with Crippen LogP contribution in [0.5, 0.6) is 11.5 Å². The third-order valence-corrected chi connectivity index (χ3v) is 2.64. The Hall–Kier alpha value is -3.06. The fourth-order valence-electron chi connectivity index (χ4n) is 1.41. The Morgan fingerprint density at radius 3 is 1.16 bits per heavy atom. The Balaban J connectivity index is 0.000000368. The minimum absolute atomic E-state index is 0.0741. The molecule has 0 aromatic heterocycles. The maximum atomic E-state index is 10.2. The number of rotatable bonds is 4. The molecule has 7 heteroatoms. The van der Waals surface area contributed by atoms with Crippen molar-refractivity contribution in [2.45, 2.75) is 13.8 Å². The number of carboxylic acids is 2. The van der Waals surface area contributed by atoms with Crippen molar-refractivity contribution in [3.63, 3.8) is 0 Å². The molecule has 0 saturated heterocycles. The average Bonchev–Trinajstić information content (AvgIpc) is 2.57. The van der Waals surface area contributed by atoms with Gasteiger partial charge in [0, 0.05) is 13.2 Å². The van der Waals surface area contributed by atoms with Crippen LogP contribution in [0.15, 0.2) is 48.5 Å². The highest BCUT2D eigenvalue weighted by atomic mass is 16.5. The highest BCUT2D eigenvalue weighted by Gasteiger charge is 2.00. The number of phenols is 2. The fourth-order valence-corrected chi connectivity index (χ4v) is 1.41. The SMILES string of the molecule is CCOCC.O=C(O)c1ccc(O)cc1.O=C(O)c1ccc(O)cc1. The van der Waals surface area contributed by atoms with Crippen molar-refractivity contribution >= 4 is 11.9 Å². The van der Waals surface area contributed by atoms with Gasteiger partial charge >= 0.3 is 11.9 Å². The van der Waals surface area contributed by atoms with Gasteiger partial charge in [-0.25, -0.2) is 9.59 Å². The molecule has 0 aliphatic heterocycles. The van der Waals surface area contributed by atoms with Gasteiger partial charge in [-0.05, 0) is 62.4 Å². The summed E-state index contributed by atoms with van der Waals surface area (Å²) in [5.41, 5.74) is 0.357. The Morgan fingerprint density at radius 1 is 0.720 bits per heavy atom. The molecular weight excluding hydrogens is 328 g/mol. The van der Waals surface area contributed by atoms with Crippen LogP contribution in [0.25, 0.3) is 0 Å². The lowest BCUT2D eigenvalue weighted by Gasteiger charge is -1.92. The molecule has 0 amide bonds. The van der Waals surface area contributed by atoms with Gasteiger partial charge in [0.15, 0.2) is 0 Å². The quantitative estimate of drug-likeness (QED) is 0.667. The van der Waals surface area contributed by atoms with Gasteiger partial charge in [0.1, 0.15) is 11.5 Å². The van der Waals surface area contributed by atoms with Gasteiger partial charge in [0.25, 0.3) is 0 Å². The highest BCUT2D eigenvalue weighted by Crippen LogP contribution is 2.09. The number of aromatic carboxylic acids is 2. The minimum atomic E-state index is -0.986. The third kappa shape index (κ3) is 10.4. The first-order valence-electron chi connectivity index (χ1n) is 7.44. The van der Waals surface area contributed by atoms with Gasteiger partial charge in [-0.2, -0.15) is 0 Å². The zero-order chi connectivity index (χ0) is 19.2. The lowest BCUT2D eigenvalue weighted by molar-refractivity contribution is 0.0686. The number of ether oxygens (including phenoxy) is 1. The van der Waals surface area contributed by atoms with Gasteiger partial charge < -0.3 is 25.2 Å². The Labute approximate surface area is 145 Å². The standard InChI is InChI=1S/2C7H6O3.C4H10O/c2*8-6-3-1-5(2-4-6)7(9)10;1-3-5-4-2/h2*1-4,8H,(H,9,10);3-4H2,1-2H3. The van der Waals surface area contributed by atoms with E-state index in [1.54, 1.807) is 0 Å². The molecule has 0 fully saturated rings. The van der Waals surface area contributed by atoms with Crippen LogP contribution in [-0.4, -0.2) is 45.6 Å². The van der Waals surface area contributed by atoms with Crippen molar-refractivity contribution in [3.05, 3.63) is 59.7 Å². The van der Waals surface area contributed by atoms with E-state index in [2.05, 4.69) is 0 Å². The summed E-state index contributed by atoms with van der Waals surface area (Å²) in [6, 6.07) is 10.7. The van der Waals surface area contributed by atoms with Crippen LogP contribution in [0, 0.1) is 0 Å². The number of aromatic hydroxyl groups is 2. The van der Waals surface area contributed by atoms with Crippen LogP contribution in [0.4, 0.5) is 0 Å². The number of hydrogen-bond acceptors (Lipinski definition) is 5. The van der Waals surface area contributed by atoms with E-state index in [0.29, 0.717) is 0 Å². The summed E-state index contributed by atoms with van der Waals surface area (Å²) < 4.78 is 4.83. The molecule has 0 aliphatic rings. The second-order valence-corrected chi connectivity index (χ2v) is 4.49. The molecular formula is C18H22O7. The maximum absolute atomic E-state index is 10.2. The topological polar surface area (TPSA) is 124 Å². The van der Waals surface area contributed by atoms with Gasteiger partial charge in [-0.3, -0.25) is 0 Å². The third-order valence-electron chi connectivity index (χ3n) is 2.64. The second kappa shape index (κ2) is 12.4. The van der Waals surface area contributed by atoms with Crippen molar-refractivity contribution in [3.8, 4) is 11.5 Å². The smallest absolute Gasteiger partial charge is 0.335 e. The van der Waals surface area contributed by atoms with Gasteiger partial charge in [0.05, 0.1) is 11.1 Å². The Bertz CT molecular complexity index is 576. The summed E-state index contributed by atoms with van der Waals surface area (Å²) in [5.74, 6) is -1.82. The van der Waals surface area contributed by atoms with Crippen molar-refractivity contribution < 1.29 is 34.8 Å². The maximum Gasteiger partial charge on any atom is 0.335 e. The molecule has 7 nitrogen and oxygen atoms in total. The summed E-state index contributed by atoms with van der Waals surface area (Å²) in [6.07, 6.45) is 0. The van der Waals surface area contributed by atoms with Gasteiger partial charge in [-0.15, -0.1) is 0 Å². The Morgan fingerprint density at radius 2 is 1.00 bits per heavy atom. The monoisotopic (exact) mass is 350 g/mol. The lowest BCUT2D eigenvalue weighted by Crippen LogP contribution is -1.93. The molecule has 136 valence electrons. The van der Waals surface area contributed by atoms with E-state index in [1.807, 2.05) is 13.8 Å². The number of carbonyl (C=O) groups is 2. The zero-order valence-electron chi connectivity index (χ0n) is 14.0. The molecule has 0 spiro atoms. The van der Waals surface area contributed by atoms with Crippen LogP contribution >= 0.6 is 0 Å². The summed E-state index contributed by atoms with van der Waals surface area (Å²) in [7, 11) is 0. The minimum Gasteiger partial charge on any atom is -0.508 e. The van der Waals surface area contributed by atoms with E-state index in [1.165, 1.54) is 48.5 Å². The predicted molar refractivity (Wildman–Crippen MR) is 92.3 cm³/mol. The molecule has 0 aliphatic carbocycles. The first-order chi connectivity index (χ1) is 11.8. The molecule has 0 heterocycles. The summed E-state index contributed by atoms with van der Waals surface area (Å²) in [5, 5.41) is 34.3. The van der Waals surface area contributed by atoms with E-state index in [9.17, 15) is 9.59 Å². The molecule has 25 heavy (non-hydrogen) atoms. The first kappa shape index (κ1) is 21.9. The van der Waals surface area contributed by atoms with Crippen LogP contribution < -0.4 is 0 Å². The molecule has 0 atom stereocenters. The summed E-state index contributed by atoms with van der Waals surface area (Å²) in [6.45, 7) is 5.67. The zero-order valence-corrected chi connectivity index (χ0v) is 14.0. The first-order valence-corrected chi connectivity index (χ1v) is 7.44. The van der Waals surface area contributed by atoms with Crippen molar-refractivity contribution in [1.29, 1.82) is 0 Å². The lowest BCUT2D eigenvalue weighted by atomic mass is 10.2. The number of hydrogen-bond donors (Lipinski definition) is 4. The molecule has 2 rings (SSSR count). The molecule has 2 aromatic carbocycles. The van der Waals surface area contributed by atoms with Crippen LogP contribution in [0.3, 0.4) is 0 Å². The van der Waals surface area contributed by atoms with Crippen LogP contribution in [0.2, 0.25) is 0 Å². The Kier molecular flexibility index (Phi) is 10.9. The molecule has 0 radical (unpaired) electrons. The van der Waals surface area contributed by atoms with E-state index < -0.39 is 11.9 Å². The predicted octanol–water partition coefficient (Wildman–Crippen LogP) is 3.22. The number of carboxylic acid groups (broad SMARTS) is 2. The number of benzene rings is 2. The summed E-state index contributed by atoms with van der Waals surface area (Å²) in [4.78, 5) is 20.5. The molecule has 0 unspecified atom stereocenters. The molecule has 4 N–H and O–H groups in total. The second-order valence-electron chi connectivity index (χ2n) is 4.49. The molecule has 0 bridgehead atoms. The highest BCUT2D eigenvalue weighted by molar-refractivity contribution is 5.88. The van der Waals surface area contributed by atoms with Crippen LogP contribution in [-0.2, 0) is 4.74 Å². The van der Waals surface area contributed by atoms with E-state index in [4.69, 9.17) is 25.2 Å². The normalized spacial score (nSPS) is 9.04. The van der Waals surface area contributed by atoms with E-state index in [-0.39, 0.29) is 22.6 Å². The van der Waals surface area contributed by atoms with Gasteiger partial charge in [-0.1, -0.05) is 0 Å². The van der Waals surface area contributed by atoms with Crippen molar-refractivity contribution in [1.82, 2.24) is 0 Å². The van der Waals surface area contributed by atoms with E-state index >= 15 is 0 Å². The van der Waals surface area contributed by atoms with E-state index in [0.717, 1.165) is 13.2 Å². The van der Waals surface area contributed by atoms with Crippen LogP contribution in [0.1, 0.15) is 34.6 Å².